The first kappa shape index (κ1) is 24.1. The number of hydrogen-bond donors (Lipinski definition) is 1. The number of para-hydroxylation sites is 2. The Morgan fingerprint density at radius 2 is 1.61 bits per heavy atom. The number of aliphatic hydroxyl groups is 1. The lowest BCUT2D eigenvalue weighted by Crippen LogP contribution is -2.48. The predicted octanol–water partition coefficient (Wildman–Crippen LogP) is 5.77. The number of amides is 1. The van der Waals surface area contributed by atoms with Crippen molar-refractivity contribution in [1.82, 2.24) is 4.90 Å². The van der Waals surface area contributed by atoms with E-state index in [0.29, 0.717) is 12.1 Å². The third-order valence-corrected chi connectivity index (χ3v) is 6.92. The number of fused-ring (bicyclic) bond motifs is 1. The molecule has 0 saturated carbocycles. The highest BCUT2D eigenvalue weighted by atomic mass is 19.4. The molecule has 5 nitrogen and oxygen atoms in total. The third kappa shape index (κ3) is 4.86. The summed E-state index contributed by atoms with van der Waals surface area (Å²) in [5, 5.41) is 11.0. The Hall–Kier alpha value is -3.65. The van der Waals surface area contributed by atoms with Gasteiger partial charge in [0.2, 0.25) is 0 Å². The van der Waals surface area contributed by atoms with Crippen LogP contribution >= 0.6 is 0 Å². The molecule has 2 aliphatic heterocycles. The van der Waals surface area contributed by atoms with Gasteiger partial charge in [-0.15, -0.1) is 0 Å². The average molecular weight is 494 g/mol. The van der Waals surface area contributed by atoms with Crippen molar-refractivity contribution in [3.63, 3.8) is 0 Å². The zero-order chi connectivity index (χ0) is 25.3. The minimum Gasteiger partial charge on any atom is -0.389 e. The number of benzene rings is 3. The van der Waals surface area contributed by atoms with Gasteiger partial charge < -0.3 is 14.9 Å². The fourth-order valence-electron chi connectivity index (χ4n) is 4.94. The molecule has 0 bridgehead atoms. The lowest BCUT2D eigenvalue weighted by molar-refractivity contribution is -0.138. The first-order valence-corrected chi connectivity index (χ1v) is 11.9. The molecule has 0 spiro atoms. The van der Waals surface area contributed by atoms with Gasteiger partial charge in [-0.2, -0.15) is 13.2 Å². The molecule has 2 heterocycles. The largest absolute Gasteiger partial charge is 0.416 e. The normalized spacial score (nSPS) is 17.1. The zero-order valence-electron chi connectivity index (χ0n) is 19.6. The third-order valence-electron chi connectivity index (χ3n) is 6.92. The molecule has 0 aliphatic carbocycles. The fraction of sp³-hybridized carbons (Fsp3) is 0.286. The van der Waals surface area contributed by atoms with Crippen molar-refractivity contribution in [3.05, 3.63) is 89.5 Å². The lowest BCUT2D eigenvalue weighted by Gasteiger charge is -2.38. The van der Waals surface area contributed by atoms with E-state index in [9.17, 15) is 23.1 Å². The minimum atomic E-state index is -4.47. The number of aliphatic imine (C=N–C) groups is 1. The molecule has 0 aromatic heterocycles. The number of alkyl halides is 3. The average Bonchev–Trinajstić information content (AvgIpc) is 2.88. The first-order valence-electron chi connectivity index (χ1n) is 11.9. The summed E-state index contributed by atoms with van der Waals surface area (Å²) >= 11 is 0. The highest BCUT2D eigenvalue weighted by Crippen LogP contribution is 2.37. The van der Waals surface area contributed by atoms with Crippen LogP contribution in [0.1, 0.15) is 34.3 Å². The molecular weight excluding hydrogens is 467 g/mol. The summed E-state index contributed by atoms with van der Waals surface area (Å²) in [5.74, 6) is -0.153. The molecule has 0 unspecified atom stereocenters. The second kappa shape index (κ2) is 9.43. The smallest absolute Gasteiger partial charge is 0.389 e. The summed E-state index contributed by atoms with van der Waals surface area (Å²) in [5.41, 5.74) is 1.44. The Labute approximate surface area is 207 Å². The number of nitrogens with zero attached hydrogens (tertiary/aromatic N) is 3. The summed E-state index contributed by atoms with van der Waals surface area (Å²) in [6, 6.07) is 20.6. The molecule has 0 radical (unpaired) electrons. The van der Waals surface area contributed by atoms with Crippen molar-refractivity contribution in [2.24, 2.45) is 4.99 Å². The van der Waals surface area contributed by atoms with E-state index in [-0.39, 0.29) is 43.8 Å². The molecule has 2 aliphatic rings. The molecule has 186 valence electrons. The van der Waals surface area contributed by atoms with Gasteiger partial charge >= 0.3 is 6.18 Å². The van der Waals surface area contributed by atoms with Gasteiger partial charge in [-0.05, 0) is 60.9 Å². The molecule has 1 fully saturated rings. The topological polar surface area (TPSA) is 56.1 Å². The Balaban J connectivity index is 1.24. The van der Waals surface area contributed by atoms with Crippen LogP contribution < -0.4 is 4.90 Å². The van der Waals surface area contributed by atoms with E-state index < -0.39 is 17.3 Å². The molecule has 36 heavy (non-hydrogen) atoms. The van der Waals surface area contributed by atoms with Gasteiger partial charge in [-0.25, -0.2) is 0 Å². The summed E-state index contributed by atoms with van der Waals surface area (Å²) in [6.07, 6.45) is -2.29. The van der Waals surface area contributed by atoms with Gasteiger partial charge in [0.1, 0.15) is 0 Å². The van der Waals surface area contributed by atoms with Gasteiger partial charge in [0.25, 0.3) is 5.91 Å². The van der Waals surface area contributed by atoms with Crippen molar-refractivity contribution in [1.29, 1.82) is 0 Å². The second-order valence-electron chi connectivity index (χ2n) is 9.31. The quantitative estimate of drug-likeness (QED) is 0.502. The number of likely N-dealkylation sites (tertiary alicyclic amines) is 1. The minimum absolute atomic E-state index is 0.0761. The Morgan fingerprint density at radius 1 is 0.944 bits per heavy atom. The second-order valence-corrected chi connectivity index (χ2v) is 9.31. The number of piperidine rings is 1. The van der Waals surface area contributed by atoms with Crippen molar-refractivity contribution >= 4 is 29.2 Å². The molecule has 3 aromatic carbocycles. The maximum absolute atomic E-state index is 13.4. The molecule has 1 N–H and O–H groups in total. The van der Waals surface area contributed by atoms with Crippen molar-refractivity contribution in [2.45, 2.75) is 31.0 Å². The van der Waals surface area contributed by atoms with Crippen molar-refractivity contribution < 1.29 is 23.1 Å². The number of anilines is 2. The predicted molar refractivity (Wildman–Crippen MR) is 133 cm³/mol. The maximum Gasteiger partial charge on any atom is 0.416 e. The summed E-state index contributed by atoms with van der Waals surface area (Å²) in [4.78, 5) is 21.3. The number of rotatable bonds is 4. The van der Waals surface area contributed by atoms with E-state index in [1.54, 1.807) is 23.1 Å². The van der Waals surface area contributed by atoms with E-state index in [1.807, 2.05) is 42.6 Å². The van der Waals surface area contributed by atoms with Crippen LogP contribution in [0.4, 0.5) is 30.2 Å². The Morgan fingerprint density at radius 3 is 2.33 bits per heavy atom. The Bertz CT molecular complexity index is 1280. The van der Waals surface area contributed by atoms with Crippen LogP contribution in [0.2, 0.25) is 0 Å². The van der Waals surface area contributed by atoms with Gasteiger partial charge in [-0.3, -0.25) is 9.79 Å². The maximum atomic E-state index is 13.4. The van der Waals surface area contributed by atoms with Crippen LogP contribution in [0.25, 0.3) is 0 Å². The van der Waals surface area contributed by atoms with E-state index in [4.69, 9.17) is 0 Å². The van der Waals surface area contributed by atoms with Gasteiger partial charge in [0, 0.05) is 37.0 Å². The van der Waals surface area contributed by atoms with Crippen LogP contribution in [0.3, 0.4) is 0 Å². The standard InChI is InChI=1S/C28H26F3N3O2/c29-28(30,31)23-6-2-1-5-21(23)19-27(36)13-16-33(17-14-27)26(35)20-9-11-22(12-10-20)34-18-15-32-24-7-3-4-8-25(24)34/h1-12,15,36H,13-14,16-19H2. The summed E-state index contributed by atoms with van der Waals surface area (Å²) in [7, 11) is 0. The number of halogens is 3. The molecule has 1 amide bonds. The Kier molecular flexibility index (Phi) is 6.30. The highest BCUT2D eigenvalue weighted by molar-refractivity contribution is 5.95. The molecule has 3 aromatic rings. The van der Waals surface area contributed by atoms with E-state index >= 15 is 0 Å². The van der Waals surface area contributed by atoms with Crippen LogP contribution in [-0.4, -0.2) is 47.4 Å². The monoisotopic (exact) mass is 493 g/mol. The first-order chi connectivity index (χ1) is 17.2. The van der Waals surface area contributed by atoms with E-state index in [2.05, 4.69) is 9.89 Å². The van der Waals surface area contributed by atoms with E-state index in [1.165, 1.54) is 12.1 Å². The van der Waals surface area contributed by atoms with Gasteiger partial charge in [-0.1, -0.05) is 30.3 Å². The highest BCUT2D eigenvalue weighted by Gasteiger charge is 2.38. The summed E-state index contributed by atoms with van der Waals surface area (Å²) in [6.45, 7) is 1.19. The molecule has 0 atom stereocenters. The van der Waals surface area contributed by atoms with Crippen LogP contribution in [0.5, 0.6) is 0 Å². The van der Waals surface area contributed by atoms with Crippen LogP contribution in [-0.2, 0) is 12.6 Å². The van der Waals surface area contributed by atoms with Crippen LogP contribution in [0, 0.1) is 0 Å². The lowest BCUT2D eigenvalue weighted by atomic mass is 9.83. The fourth-order valence-corrected chi connectivity index (χ4v) is 4.94. The van der Waals surface area contributed by atoms with E-state index in [0.717, 1.165) is 23.1 Å². The summed E-state index contributed by atoms with van der Waals surface area (Å²) < 4.78 is 40.1. The molecule has 5 rings (SSSR count). The SMILES string of the molecule is O=C(c1ccc(N2CC=Nc3ccccc32)cc1)N1CCC(O)(Cc2ccccc2C(F)(F)F)CC1. The van der Waals surface area contributed by atoms with Gasteiger partial charge in [0.15, 0.2) is 0 Å². The zero-order valence-corrected chi connectivity index (χ0v) is 19.6. The molecule has 1 saturated heterocycles. The van der Waals surface area contributed by atoms with Crippen molar-refractivity contribution in [2.75, 3.05) is 24.5 Å². The van der Waals surface area contributed by atoms with Crippen LogP contribution in [0.15, 0.2) is 77.8 Å². The number of hydrogen-bond acceptors (Lipinski definition) is 4. The number of carbonyl (C=O) groups is 1. The molecular formula is C28H26F3N3O2. The number of carbonyl (C=O) groups excluding carboxylic acids is 1. The van der Waals surface area contributed by atoms with Crippen molar-refractivity contribution in [3.8, 4) is 0 Å². The van der Waals surface area contributed by atoms with Gasteiger partial charge in [0.05, 0.1) is 29.1 Å². The molecule has 8 heteroatoms.